The number of rotatable bonds is 4. The van der Waals surface area contributed by atoms with E-state index in [1.165, 1.54) is 63.2 Å². The van der Waals surface area contributed by atoms with Crippen LogP contribution in [-0.2, 0) is 0 Å². The molecule has 5 rings (SSSR count). The van der Waals surface area contributed by atoms with Gasteiger partial charge in [-0.3, -0.25) is 9.80 Å². The van der Waals surface area contributed by atoms with Gasteiger partial charge in [0.2, 0.25) is 0 Å². The van der Waals surface area contributed by atoms with Crippen molar-refractivity contribution in [3.8, 4) is 0 Å². The standard InChI is InChI=1S/C27H37FN4/c1-22-20-23(28)9-10-27(22)31-14-11-25(12-15-31)32-13-5-8-26(21-32)30-18-16-29(17-19-30)24-6-3-2-4-7-24/h2-4,6-7,9-10,20,25-26H,5,8,11-19,21H2,1H3. The Morgan fingerprint density at radius 3 is 2.19 bits per heavy atom. The molecular weight excluding hydrogens is 399 g/mol. The molecule has 0 aliphatic carbocycles. The summed E-state index contributed by atoms with van der Waals surface area (Å²) in [7, 11) is 0. The largest absolute Gasteiger partial charge is 0.371 e. The van der Waals surface area contributed by atoms with E-state index in [4.69, 9.17) is 0 Å². The molecule has 3 saturated heterocycles. The van der Waals surface area contributed by atoms with Gasteiger partial charge in [0.05, 0.1) is 0 Å². The second-order valence-electron chi connectivity index (χ2n) is 9.80. The van der Waals surface area contributed by atoms with E-state index in [0.717, 1.165) is 31.7 Å². The van der Waals surface area contributed by atoms with E-state index in [9.17, 15) is 4.39 Å². The van der Waals surface area contributed by atoms with Gasteiger partial charge < -0.3 is 9.80 Å². The molecule has 0 saturated carbocycles. The Morgan fingerprint density at radius 2 is 1.47 bits per heavy atom. The highest BCUT2D eigenvalue weighted by molar-refractivity contribution is 5.53. The van der Waals surface area contributed by atoms with Crippen LogP contribution in [0.25, 0.3) is 0 Å². The second kappa shape index (κ2) is 9.80. The average Bonchev–Trinajstić information content (AvgIpc) is 2.85. The fourth-order valence-electron chi connectivity index (χ4n) is 6.04. The summed E-state index contributed by atoms with van der Waals surface area (Å²) in [6, 6.07) is 17.5. The molecule has 0 spiro atoms. The van der Waals surface area contributed by atoms with E-state index >= 15 is 0 Å². The van der Waals surface area contributed by atoms with Crippen molar-refractivity contribution in [2.24, 2.45) is 0 Å². The number of para-hydroxylation sites is 1. The first kappa shape index (κ1) is 21.7. The highest BCUT2D eigenvalue weighted by Crippen LogP contribution is 2.28. The minimum Gasteiger partial charge on any atom is -0.371 e. The summed E-state index contributed by atoms with van der Waals surface area (Å²) in [6.07, 6.45) is 5.09. The molecule has 0 aromatic heterocycles. The molecule has 3 aliphatic heterocycles. The van der Waals surface area contributed by atoms with Gasteiger partial charge in [-0.2, -0.15) is 0 Å². The number of likely N-dealkylation sites (tertiary alicyclic amines) is 1. The zero-order valence-corrected chi connectivity index (χ0v) is 19.4. The summed E-state index contributed by atoms with van der Waals surface area (Å²) in [4.78, 5) is 10.5. The highest BCUT2D eigenvalue weighted by Gasteiger charge is 2.32. The lowest BCUT2D eigenvalue weighted by Crippen LogP contribution is -2.57. The minimum atomic E-state index is -0.134. The van der Waals surface area contributed by atoms with Crippen LogP contribution >= 0.6 is 0 Å². The Morgan fingerprint density at radius 1 is 0.719 bits per heavy atom. The molecule has 3 fully saturated rings. The van der Waals surface area contributed by atoms with Crippen molar-refractivity contribution in [3.63, 3.8) is 0 Å². The molecular formula is C27H37FN4. The van der Waals surface area contributed by atoms with Crippen LogP contribution in [0.1, 0.15) is 31.2 Å². The van der Waals surface area contributed by atoms with E-state index in [1.807, 2.05) is 13.0 Å². The topological polar surface area (TPSA) is 13.0 Å². The van der Waals surface area contributed by atoms with Crippen LogP contribution in [-0.4, -0.2) is 74.2 Å². The van der Waals surface area contributed by atoms with Crippen LogP contribution in [0, 0.1) is 12.7 Å². The van der Waals surface area contributed by atoms with Crippen molar-refractivity contribution >= 4 is 11.4 Å². The molecule has 3 aliphatic rings. The highest BCUT2D eigenvalue weighted by atomic mass is 19.1. The molecule has 3 heterocycles. The van der Waals surface area contributed by atoms with Gasteiger partial charge in [0, 0.05) is 69.3 Å². The minimum absolute atomic E-state index is 0.134. The number of halogens is 1. The Labute approximate surface area is 192 Å². The first-order valence-electron chi connectivity index (χ1n) is 12.5. The lowest BCUT2D eigenvalue weighted by atomic mass is 9.96. The molecule has 172 valence electrons. The number of aryl methyl sites for hydroxylation is 1. The fraction of sp³-hybridized carbons (Fsp3) is 0.556. The van der Waals surface area contributed by atoms with E-state index < -0.39 is 0 Å². The van der Waals surface area contributed by atoms with Crippen molar-refractivity contribution in [1.82, 2.24) is 9.80 Å². The fourth-order valence-corrected chi connectivity index (χ4v) is 6.04. The predicted octanol–water partition coefficient (Wildman–Crippen LogP) is 4.39. The van der Waals surface area contributed by atoms with Crippen molar-refractivity contribution in [2.45, 2.75) is 44.7 Å². The second-order valence-corrected chi connectivity index (χ2v) is 9.80. The van der Waals surface area contributed by atoms with E-state index in [1.54, 1.807) is 12.1 Å². The average molecular weight is 437 g/mol. The van der Waals surface area contributed by atoms with Crippen molar-refractivity contribution in [3.05, 3.63) is 59.9 Å². The van der Waals surface area contributed by atoms with E-state index in [2.05, 4.69) is 49.9 Å². The summed E-state index contributed by atoms with van der Waals surface area (Å²) >= 11 is 0. The first-order chi connectivity index (χ1) is 15.7. The summed E-state index contributed by atoms with van der Waals surface area (Å²) in [6.45, 7) is 11.3. The monoisotopic (exact) mass is 436 g/mol. The molecule has 4 nitrogen and oxygen atoms in total. The van der Waals surface area contributed by atoms with Gasteiger partial charge in [-0.25, -0.2) is 4.39 Å². The number of anilines is 2. The van der Waals surface area contributed by atoms with Gasteiger partial charge in [0.1, 0.15) is 5.82 Å². The van der Waals surface area contributed by atoms with Crippen LogP contribution in [0.4, 0.5) is 15.8 Å². The lowest BCUT2D eigenvalue weighted by molar-refractivity contribution is 0.0596. The molecule has 2 aromatic carbocycles. The Kier molecular flexibility index (Phi) is 6.65. The van der Waals surface area contributed by atoms with Crippen LogP contribution in [0.2, 0.25) is 0 Å². The summed E-state index contributed by atoms with van der Waals surface area (Å²) in [5.74, 6) is -0.134. The molecule has 0 N–H and O–H groups in total. The SMILES string of the molecule is Cc1cc(F)ccc1N1CCC(N2CCCC(N3CCN(c4ccccc4)CC3)C2)CC1. The number of hydrogen-bond acceptors (Lipinski definition) is 4. The van der Waals surface area contributed by atoms with Crippen LogP contribution in [0.3, 0.4) is 0 Å². The molecule has 5 heteroatoms. The third-order valence-electron chi connectivity index (χ3n) is 7.86. The van der Waals surface area contributed by atoms with Gasteiger partial charge in [0.15, 0.2) is 0 Å². The zero-order valence-electron chi connectivity index (χ0n) is 19.4. The summed E-state index contributed by atoms with van der Waals surface area (Å²) < 4.78 is 13.5. The van der Waals surface area contributed by atoms with E-state index in [0.29, 0.717) is 12.1 Å². The van der Waals surface area contributed by atoms with Crippen molar-refractivity contribution < 1.29 is 4.39 Å². The summed E-state index contributed by atoms with van der Waals surface area (Å²) in [5.41, 5.74) is 3.62. The summed E-state index contributed by atoms with van der Waals surface area (Å²) in [5, 5.41) is 0. The molecule has 0 radical (unpaired) electrons. The Hall–Kier alpha value is -2.11. The van der Waals surface area contributed by atoms with Gasteiger partial charge >= 0.3 is 0 Å². The maximum absolute atomic E-state index is 13.5. The third-order valence-corrected chi connectivity index (χ3v) is 7.86. The number of piperazine rings is 1. The number of benzene rings is 2. The van der Waals surface area contributed by atoms with Gasteiger partial charge in [-0.05, 0) is 75.0 Å². The molecule has 0 bridgehead atoms. The maximum Gasteiger partial charge on any atom is 0.123 e. The van der Waals surface area contributed by atoms with Crippen LogP contribution in [0.15, 0.2) is 48.5 Å². The Bertz CT molecular complexity index is 872. The van der Waals surface area contributed by atoms with Crippen LogP contribution < -0.4 is 9.80 Å². The molecule has 2 aromatic rings. The smallest absolute Gasteiger partial charge is 0.123 e. The van der Waals surface area contributed by atoms with Crippen LogP contribution in [0.5, 0.6) is 0 Å². The Balaban J connectivity index is 1.12. The predicted molar refractivity (Wildman–Crippen MR) is 131 cm³/mol. The van der Waals surface area contributed by atoms with Crippen molar-refractivity contribution in [1.29, 1.82) is 0 Å². The lowest BCUT2D eigenvalue weighted by Gasteiger charge is -2.47. The third kappa shape index (κ3) is 4.79. The first-order valence-corrected chi connectivity index (χ1v) is 12.5. The molecule has 1 unspecified atom stereocenters. The molecule has 32 heavy (non-hydrogen) atoms. The number of hydrogen-bond donors (Lipinski definition) is 0. The van der Waals surface area contributed by atoms with Gasteiger partial charge in [-0.1, -0.05) is 18.2 Å². The number of nitrogens with zero attached hydrogens (tertiary/aromatic N) is 4. The quantitative estimate of drug-likeness (QED) is 0.705. The zero-order chi connectivity index (χ0) is 21.9. The van der Waals surface area contributed by atoms with E-state index in [-0.39, 0.29) is 5.82 Å². The number of piperidine rings is 2. The molecule has 1 atom stereocenters. The van der Waals surface area contributed by atoms with Gasteiger partial charge in [-0.15, -0.1) is 0 Å². The normalized spacial score (nSPS) is 24.1. The maximum atomic E-state index is 13.5. The molecule has 0 amide bonds. The van der Waals surface area contributed by atoms with Crippen molar-refractivity contribution in [2.75, 3.05) is 62.2 Å². The van der Waals surface area contributed by atoms with Gasteiger partial charge in [0.25, 0.3) is 0 Å².